The zero-order chi connectivity index (χ0) is 14.4. The average molecular weight is 347 g/mol. The number of amides is 1. The van der Waals surface area contributed by atoms with Crippen LogP contribution in [0.15, 0.2) is 22.7 Å². The van der Waals surface area contributed by atoms with Crippen LogP contribution in [0, 0.1) is 5.92 Å². The van der Waals surface area contributed by atoms with Crippen LogP contribution in [0.2, 0.25) is 5.02 Å². The van der Waals surface area contributed by atoms with Crippen molar-refractivity contribution in [2.75, 3.05) is 13.1 Å². The molecule has 4 heteroatoms. The van der Waals surface area contributed by atoms with Gasteiger partial charge in [-0.15, -0.1) is 0 Å². The third kappa shape index (κ3) is 4.22. The van der Waals surface area contributed by atoms with Crippen LogP contribution in [-0.2, 0) is 0 Å². The Hall–Kier alpha value is -0.540. The lowest BCUT2D eigenvalue weighted by atomic mass is 10.0. The predicted molar refractivity (Wildman–Crippen MR) is 84.8 cm³/mol. The molecule has 0 aliphatic heterocycles. The molecular weight excluding hydrogens is 326 g/mol. The number of hydrogen-bond acceptors (Lipinski definition) is 1. The molecule has 0 N–H and O–H groups in total. The maximum Gasteiger partial charge on any atom is 0.255 e. The number of benzene rings is 1. The molecule has 0 saturated heterocycles. The number of carbonyl (C=O) groups is 1. The van der Waals surface area contributed by atoms with Crippen LogP contribution in [0.5, 0.6) is 0 Å². The zero-order valence-electron chi connectivity index (χ0n) is 11.7. The molecular formula is C15H21BrClNO. The molecule has 0 heterocycles. The summed E-state index contributed by atoms with van der Waals surface area (Å²) in [4.78, 5) is 14.4. The van der Waals surface area contributed by atoms with Crippen LogP contribution < -0.4 is 0 Å². The van der Waals surface area contributed by atoms with Gasteiger partial charge in [0.15, 0.2) is 0 Å². The quantitative estimate of drug-likeness (QED) is 0.709. The van der Waals surface area contributed by atoms with Crippen molar-refractivity contribution < 1.29 is 4.79 Å². The third-order valence-electron chi connectivity index (χ3n) is 3.48. The smallest absolute Gasteiger partial charge is 0.255 e. The molecule has 19 heavy (non-hydrogen) atoms. The van der Waals surface area contributed by atoms with Gasteiger partial charge < -0.3 is 4.90 Å². The maximum absolute atomic E-state index is 12.5. The highest BCUT2D eigenvalue weighted by Gasteiger charge is 2.20. The monoisotopic (exact) mass is 345 g/mol. The van der Waals surface area contributed by atoms with E-state index >= 15 is 0 Å². The largest absolute Gasteiger partial charge is 0.339 e. The highest BCUT2D eigenvalue weighted by molar-refractivity contribution is 9.10. The van der Waals surface area contributed by atoms with Gasteiger partial charge in [-0.25, -0.2) is 0 Å². The fourth-order valence-electron chi connectivity index (χ4n) is 2.05. The van der Waals surface area contributed by atoms with Crippen LogP contribution in [0.3, 0.4) is 0 Å². The summed E-state index contributed by atoms with van der Waals surface area (Å²) in [5.41, 5.74) is 0.573. The van der Waals surface area contributed by atoms with E-state index in [1.54, 1.807) is 6.07 Å². The van der Waals surface area contributed by atoms with E-state index in [2.05, 4.69) is 29.8 Å². The van der Waals surface area contributed by atoms with E-state index < -0.39 is 0 Å². The van der Waals surface area contributed by atoms with Crippen LogP contribution in [0.4, 0.5) is 0 Å². The fourth-order valence-corrected chi connectivity index (χ4v) is 2.63. The first-order valence-electron chi connectivity index (χ1n) is 6.78. The molecule has 1 amide bonds. The van der Waals surface area contributed by atoms with E-state index in [0.717, 1.165) is 23.9 Å². The second-order valence-corrected chi connectivity index (χ2v) is 5.86. The molecule has 0 radical (unpaired) electrons. The number of rotatable bonds is 6. The van der Waals surface area contributed by atoms with Crippen molar-refractivity contribution in [1.29, 1.82) is 0 Å². The molecule has 0 spiro atoms. The number of hydrogen-bond donors (Lipinski definition) is 0. The topological polar surface area (TPSA) is 20.3 Å². The summed E-state index contributed by atoms with van der Waals surface area (Å²) in [5, 5.41) is 0.496. The second-order valence-electron chi connectivity index (χ2n) is 4.63. The lowest BCUT2D eigenvalue weighted by molar-refractivity contribution is 0.0735. The Labute approximate surface area is 129 Å². The highest BCUT2D eigenvalue weighted by atomic mass is 79.9. The zero-order valence-corrected chi connectivity index (χ0v) is 14.1. The standard InChI is InChI=1S/C15H21BrClNO/c1-4-11(5-2)10-18(6-3)15(19)12-8-7-9-13(16)14(12)17/h7-9,11H,4-6,10H2,1-3H3. The molecule has 0 aliphatic carbocycles. The normalized spacial score (nSPS) is 10.8. The Morgan fingerprint density at radius 3 is 2.47 bits per heavy atom. The van der Waals surface area contributed by atoms with Crippen molar-refractivity contribution in [2.24, 2.45) is 5.92 Å². The van der Waals surface area contributed by atoms with Crippen LogP contribution in [-0.4, -0.2) is 23.9 Å². The molecule has 106 valence electrons. The minimum atomic E-state index is 0.0145. The van der Waals surface area contributed by atoms with E-state index in [1.807, 2.05) is 24.0 Å². The van der Waals surface area contributed by atoms with Crippen molar-refractivity contribution >= 4 is 33.4 Å². The Kier molecular flexibility index (Phi) is 6.87. The first-order chi connectivity index (χ1) is 9.04. The van der Waals surface area contributed by atoms with Crippen molar-refractivity contribution in [3.05, 3.63) is 33.3 Å². The van der Waals surface area contributed by atoms with Gasteiger partial charge >= 0.3 is 0 Å². The van der Waals surface area contributed by atoms with Crippen LogP contribution in [0.25, 0.3) is 0 Å². The van der Waals surface area contributed by atoms with Crippen LogP contribution in [0.1, 0.15) is 44.0 Å². The Morgan fingerprint density at radius 1 is 1.32 bits per heavy atom. The molecule has 0 atom stereocenters. The van der Waals surface area contributed by atoms with Gasteiger partial charge in [0, 0.05) is 17.6 Å². The van der Waals surface area contributed by atoms with Gasteiger partial charge in [-0.3, -0.25) is 4.79 Å². The van der Waals surface area contributed by atoms with Gasteiger partial charge in [0.2, 0.25) is 0 Å². The van der Waals surface area contributed by atoms with E-state index in [-0.39, 0.29) is 5.91 Å². The number of carbonyl (C=O) groups excluding carboxylic acids is 1. The lowest BCUT2D eigenvalue weighted by Crippen LogP contribution is -2.35. The average Bonchev–Trinajstić information content (AvgIpc) is 2.43. The fraction of sp³-hybridized carbons (Fsp3) is 0.533. The molecule has 1 aromatic rings. The summed E-state index contributed by atoms with van der Waals surface area (Å²) in [6.07, 6.45) is 2.18. The molecule has 0 fully saturated rings. The first kappa shape index (κ1) is 16.5. The first-order valence-corrected chi connectivity index (χ1v) is 7.95. The van der Waals surface area contributed by atoms with Gasteiger partial charge in [0.05, 0.1) is 10.6 Å². The van der Waals surface area contributed by atoms with E-state index in [0.29, 0.717) is 23.0 Å². The summed E-state index contributed by atoms with van der Waals surface area (Å²) < 4.78 is 0.763. The highest BCUT2D eigenvalue weighted by Crippen LogP contribution is 2.27. The third-order valence-corrected chi connectivity index (χ3v) is 4.78. The molecule has 0 unspecified atom stereocenters. The van der Waals surface area contributed by atoms with Gasteiger partial charge in [0.1, 0.15) is 0 Å². The van der Waals surface area contributed by atoms with Gasteiger partial charge in [-0.1, -0.05) is 44.4 Å². The Balaban J connectivity index is 2.92. The van der Waals surface area contributed by atoms with Crippen molar-refractivity contribution in [1.82, 2.24) is 4.90 Å². The summed E-state index contributed by atoms with van der Waals surface area (Å²) in [6.45, 7) is 7.84. The SMILES string of the molecule is CCC(CC)CN(CC)C(=O)c1cccc(Br)c1Cl. The lowest BCUT2D eigenvalue weighted by Gasteiger charge is -2.26. The number of nitrogens with zero attached hydrogens (tertiary/aromatic N) is 1. The van der Waals surface area contributed by atoms with Crippen molar-refractivity contribution in [2.45, 2.75) is 33.6 Å². The maximum atomic E-state index is 12.5. The molecule has 0 aromatic heterocycles. The van der Waals surface area contributed by atoms with Crippen LogP contribution >= 0.6 is 27.5 Å². The van der Waals surface area contributed by atoms with Gasteiger partial charge in [0.25, 0.3) is 5.91 Å². The van der Waals surface area contributed by atoms with Gasteiger partial charge in [-0.2, -0.15) is 0 Å². The molecule has 1 aromatic carbocycles. The van der Waals surface area contributed by atoms with Gasteiger partial charge in [-0.05, 0) is 40.9 Å². The molecule has 0 saturated carbocycles. The molecule has 1 rings (SSSR count). The summed E-state index contributed by atoms with van der Waals surface area (Å²) in [5.74, 6) is 0.565. The Bertz CT molecular complexity index is 432. The molecule has 2 nitrogen and oxygen atoms in total. The summed E-state index contributed by atoms with van der Waals surface area (Å²) in [7, 11) is 0. The predicted octanol–water partition coefficient (Wildman–Crippen LogP) is 5.00. The second kappa shape index (κ2) is 7.91. The minimum Gasteiger partial charge on any atom is -0.339 e. The van der Waals surface area contributed by atoms with E-state index in [4.69, 9.17) is 11.6 Å². The van der Waals surface area contributed by atoms with Crippen molar-refractivity contribution in [3.63, 3.8) is 0 Å². The van der Waals surface area contributed by atoms with E-state index in [1.165, 1.54) is 0 Å². The minimum absolute atomic E-state index is 0.0145. The summed E-state index contributed by atoms with van der Waals surface area (Å²) >= 11 is 9.56. The van der Waals surface area contributed by atoms with Crippen molar-refractivity contribution in [3.8, 4) is 0 Å². The van der Waals surface area contributed by atoms with E-state index in [9.17, 15) is 4.79 Å². The summed E-state index contributed by atoms with van der Waals surface area (Å²) in [6, 6.07) is 5.47. The molecule has 0 aliphatic rings. The number of halogens is 2. The molecule has 0 bridgehead atoms. The Morgan fingerprint density at radius 2 is 1.95 bits per heavy atom.